The van der Waals surface area contributed by atoms with Crippen LogP contribution in [0.4, 0.5) is 13.2 Å². The van der Waals surface area contributed by atoms with E-state index in [9.17, 15) is 18.0 Å². The molecule has 0 spiro atoms. The van der Waals surface area contributed by atoms with Gasteiger partial charge in [-0.05, 0) is 31.5 Å². The third kappa shape index (κ3) is 3.36. The molecule has 0 amide bonds. The lowest BCUT2D eigenvalue weighted by Gasteiger charge is -2.24. The van der Waals surface area contributed by atoms with E-state index in [0.29, 0.717) is 10.9 Å². The van der Waals surface area contributed by atoms with E-state index in [2.05, 4.69) is 0 Å². The average Bonchev–Trinajstić information content (AvgIpc) is 2.33. The summed E-state index contributed by atoms with van der Waals surface area (Å²) in [5.74, 6) is -0.0594. The Balaban J connectivity index is 2.41. The van der Waals surface area contributed by atoms with Crippen LogP contribution in [0.15, 0.2) is 33.5 Å². The van der Waals surface area contributed by atoms with Gasteiger partial charge in [-0.2, -0.15) is 13.2 Å². The van der Waals surface area contributed by atoms with E-state index >= 15 is 0 Å². The van der Waals surface area contributed by atoms with Gasteiger partial charge in [-0.25, -0.2) is 4.79 Å². The number of benzene rings is 1. The molecule has 0 aliphatic rings. The van der Waals surface area contributed by atoms with Gasteiger partial charge in [0.15, 0.2) is 0 Å². The van der Waals surface area contributed by atoms with Gasteiger partial charge in [0.1, 0.15) is 11.3 Å². The van der Waals surface area contributed by atoms with Crippen LogP contribution in [0.2, 0.25) is 0 Å². The van der Waals surface area contributed by atoms with Crippen molar-refractivity contribution in [1.82, 2.24) is 0 Å². The fraction of sp³-hybridized carbons (Fsp3) is 0.357. The zero-order chi connectivity index (χ0) is 15.8. The van der Waals surface area contributed by atoms with Crippen molar-refractivity contribution in [3.8, 4) is 5.75 Å². The Morgan fingerprint density at radius 3 is 2.52 bits per heavy atom. The zero-order valence-corrected chi connectivity index (χ0v) is 11.4. The molecule has 0 aliphatic carbocycles. The molecule has 2 N–H and O–H groups in total. The molecular weight excluding hydrogens is 287 g/mol. The monoisotopic (exact) mass is 301 g/mol. The second-order valence-corrected chi connectivity index (χ2v) is 4.85. The number of nitrogens with two attached hydrogens (primary N) is 1. The maximum absolute atomic E-state index is 12.8. The van der Waals surface area contributed by atoms with Gasteiger partial charge < -0.3 is 14.9 Å². The third-order valence-corrected chi connectivity index (χ3v) is 2.99. The van der Waals surface area contributed by atoms with Crippen molar-refractivity contribution in [2.75, 3.05) is 0 Å². The molecule has 1 heterocycles. The van der Waals surface area contributed by atoms with Crippen LogP contribution in [0.5, 0.6) is 5.75 Å². The number of hydrogen-bond acceptors (Lipinski definition) is 4. The van der Waals surface area contributed by atoms with Crippen LogP contribution in [0.1, 0.15) is 12.5 Å². The van der Waals surface area contributed by atoms with Crippen molar-refractivity contribution in [3.05, 3.63) is 40.2 Å². The number of alkyl halides is 3. The molecule has 0 bridgehead atoms. The highest BCUT2D eigenvalue weighted by Crippen LogP contribution is 2.29. The first-order chi connectivity index (χ1) is 9.68. The molecule has 0 saturated carbocycles. The van der Waals surface area contributed by atoms with Gasteiger partial charge in [-0.3, -0.25) is 0 Å². The summed E-state index contributed by atoms with van der Waals surface area (Å²) in [5.41, 5.74) is 5.58. The minimum absolute atomic E-state index is 0.0594. The second-order valence-electron chi connectivity index (χ2n) is 4.85. The summed E-state index contributed by atoms with van der Waals surface area (Å²) in [4.78, 5) is 11.3. The highest BCUT2D eigenvalue weighted by atomic mass is 19.4. The minimum Gasteiger partial charge on any atom is -0.479 e. The van der Waals surface area contributed by atoms with Gasteiger partial charge >= 0.3 is 11.8 Å². The first-order valence-electron chi connectivity index (χ1n) is 6.22. The standard InChI is InChI=1S/C14H14F3NO3/c1-7-5-12(19)21-11-6-9(3-4-10(7)11)20-13(8(2)18)14(15,16)17/h3-6,8,13H,18H2,1-2H3. The molecule has 0 fully saturated rings. The molecular formula is C14H14F3NO3. The number of rotatable bonds is 3. The average molecular weight is 301 g/mol. The largest absolute Gasteiger partial charge is 0.479 e. The quantitative estimate of drug-likeness (QED) is 0.885. The van der Waals surface area contributed by atoms with E-state index in [4.69, 9.17) is 14.9 Å². The maximum Gasteiger partial charge on any atom is 0.426 e. The minimum atomic E-state index is -4.59. The first-order valence-corrected chi connectivity index (χ1v) is 6.22. The van der Waals surface area contributed by atoms with Gasteiger partial charge in [-0.1, -0.05) is 0 Å². The summed E-state index contributed by atoms with van der Waals surface area (Å²) >= 11 is 0. The van der Waals surface area contributed by atoms with Gasteiger partial charge in [0.25, 0.3) is 0 Å². The SMILES string of the molecule is Cc1cc(=O)oc2cc(OC(C(C)N)C(F)(F)F)ccc12. The van der Waals surface area contributed by atoms with E-state index in [1.54, 1.807) is 6.92 Å². The van der Waals surface area contributed by atoms with Crippen LogP contribution in [-0.2, 0) is 0 Å². The van der Waals surface area contributed by atoms with Gasteiger partial charge in [0.05, 0.1) is 0 Å². The molecule has 7 heteroatoms. The van der Waals surface area contributed by atoms with Crippen molar-refractivity contribution in [2.24, 2.45) is 5.73 Å². The molecule has 2 aromatic rings. The summed E-state index contributed by atoms with van der Waals surface area (Å²) < 4.78 is 48.3. The van der Waals surface area contributed by atoms with E-state index < -0.39 is 23.9 Å². The highest BCUT2D eigenvalue weighted by Gasteiger charge is 2.44. The van der Waals surface area contributed by atoms with Crippen LogP contribution >= 0.6 is 0 Å². The van der Waals surface area contributed by atoms with Gasteiger partial charge in [-0.15, -0.1) is 0 Å². The lowest BCUT2D eigenvalue weighted by atomic mass is 10.1. The van der Waals surface area contributed by atoms with Crippen molar-refractivity contribution in [2.45, 2.75) is 32.2 Å². The number of ether oxygens (including phenoxy) is 1. The lowest BCUT2D eigenvalue weighted by molar-refractivity contribution is -0.199. The van der Waals surface area contributed by atoms with Crippen LogP contribution in [0.3, 0.4) is 0 Å². The van der Waals surface area contributed by atoms with E-state index in [1.807, 2.05) is 0 Å². The van der Waals surface area contributed by atoms with Crippen molar-refractivity contribution < 1.29 is 22.3 Å². The molecule has 0 saturated heterocycles. The van der Waals surface area contributed by atoms with Crippen molar-refractivity contribution in [3.63, 3.8) is 0 Å². The zero-order valence-electron chi connectivity index (χ0n) is 11.4. The molecule has 0 aliphatic heterocycles. The summed E-state index contributed by atoms with van der Waals surface area (Å²) in [6.45, 7) is 2.92. The normalized spacial score (nSPS) is 15.0. The predicted molar refractivity (Wildman–Crippen MR) is 71.3 cm³/mol. The third-order valence-electron chi connectivity index (χ3n) is 2.99. The van der Waals surface area contributed by atoms with E-state index in [0.717, 1.165) is 0 Å². The maximum atomic E-state index is 12.8. The molecule has 1 aromatic heterocycles. The number of fused-ring (bicyclic) bond motifs is 1. The van der Waals surface area contributed by atoms with Crippen molar-refractivity contribution in [1.29, 1.82) is 0 Å². The summed E-state index contributed by atoms with van der Waals surface area (Å²) in [6, 6.07) is 4.26. The van der Waals surface area contributed by atoms with Crippen molar-refractivity contribution >= 4 is 11.0 Å². The predicted octanol–water partition coefficient (Wildman–Crippen LogP) is 2.76. The molecule has 4 nitrogen and oxygen atoms in total. The second kappa shape index (κ2) is 5.40. The Morgan fingerprint density at radius 2 is 1.95 bits per heavy atom. The fourth-order valence-electron chi connectivity index (χ4n) is 2.00. The van der Waals surface area contributed by atoms with Crippen LogP contribution in [-0.4, -0.2) is 18.3 Å². The number of hydrogen-bond donors (Lipinski definition) is 1. The Kier molecular flexibility index (Phi) is 3.95. The molecule has 2 atom stereocenters. The Bertz CT molecular complexity index is 707. The smallest absolute Gasteiger partial charge is 0.426 e. The summed E-state index contributed by atoms with van der Waals surface area (Å²) in [6.07, 6.45) is -6.72. The number of halogens is 3. The Morgan fingerprint density at radius 1 is 1.29 bits per heavy atom. The van der Waals surface area contributed by atoms with Gasteiger partial charge in [0, 0.05) is 23.6 Å². The molecule has 2 unspecified atom stereocenters. The van der Waals surface area contributed by atoms with E-state index in [-0.39, 0.29) is 11.3 Å². The van der Waals surface area contributed by atoms with Crippen LogP contribution in [0, 0.1) is 6.92 Å². The lowest BCUT2D eigenvalue weighted by Crippen LogP contribution is -2.47. The first kappa shape index (κ1) is 15.4. The molecule has 2 rings (SSSR count). The highest BCUT2D eigenvalue weighted by molar-refractivity contribution is 5.81. The topological polar surface area (TPSA) is 65.5 Å². The molecule has 114 valence electrons. The Hall–Kier alpha value is -2.02. The molecule has 21 heavy (non-hydrogen) atoms. The van der Waals surface area contributed by atoms with E-state index in [1.165, 1.54) is 31.2 Å². The van der Waals surface area contributed by atoms with Gasteiger partial charge in [0.2, 0.25) is 6.10 Å². The summed E-state index contributed by atoms with van der Waals surface area (Å²) in [7, 11) is 0. The van der Waals surface area contributed by atoms with Crippen LogP contribution in [0.25, 0.3) is 11.0 Å². The fourth-order valence-corrected chi connectivity index (χ4v) is 2.00. The number of aryl methyl sites for hydroxylation is 1. The molecule has 1 aromatic carbocycles. The summed E-state index contributed by atoms with van der Waals surface area (Å²) in [5, 5.41) is 0.631. The van der Waals surface area contributed by atoms with Crippen LogP contribution < -0.4 is 16.1 Å². The Labute approximate surface area is 118 Å². The molecule has 0 radical (unpaired) electrons.